The highest BCUT2D eigenvalue weighted by Gasteiger charge is 2.19. The van der Waals surface area contributed by atoms with Crippen LogP contribution in [0, 0.1) is 5.82 Å². The first-order valence-electron chi connectivity index (χ1n) is 6.35. The van der Waals surface area contributed by atoms with Crippen LogP contribution in [0.25, 0.3) is 0 Å². The number of aryl methyl sites for hydroxylation is 1. The molecule has 0 saturated carbocycles. The van der Waals surface area contributed by atoms with E-state index in [0.29, 0.717) is 29.8 Å². The van der Waals surface area contributed by atoms with Gasteiger partial charge in [-0.15, -0.1) is 0 Å². The smallest absolute Gasteiger partial charge is 0.166 e. The van der Waals surface area contributed by atoms with Crippen LogP contribution in [0.1, 0.15) is 40.3 Å². The fourth-order valence-corrected chi connectivity index (χ4v) is 2.33. The Hall–Kier alpha value is -2.10. The molecule has 1 heterocycles. The van der Waals surface area contributed by atoms with Crippen molar-refractivity contribution >= 4 is 5.78 Å². The highest BCUT2D eigenvalue weighted by molar-refractivity contribution is 5.97. The maximum atomic E-state index is 13.6. The first-order chi connectivity index (χ1) is 9.24. The van der Waals surface area contributed by atoms with Crippen LogP contribution >= 0.6 is 0 Å². The van der Waals surface area contributed by atoms with E-state index in [1.54, 1.807) is 24.4 Å². The molecule has 0 aliphatic heterocycles. The molecule has 1 aliphatic rings. The van der Waals surface area contributed by atoms with Gasteiger partial charge in [0.1, 0.15) is 11.6 Å². The SMILES string of the molecule is O=C1CCCc2nc(Cc3ccccc3F)ncc21. The number of rotatable bonds is 2. The largest absolute Gasteiger partial charge is 0.294 e. The number of carbonyl (C=O) groups excluding carboxylic acids is 1. The molecule has 0 bridgehead atoms. The van der Waals surface area contributed by atoms with Gasteiger partial charge in [-0.3, -0.25) is 4.79 Å². The second kappa shape index (κ2) is 4.88. The summed E-state index contributed by atoms with van der Waals surface area (Å²) in [5.41, 5.74) is 2.01. The lowest BCUT2D eigenvalue weighted by molar-refractivity contribution is 0.0971. The van der Waals surface area contributed by atoms with Gasteiger partial charge in [0.25, 0.3) is 0 Å². The number of Topliss-reactive ketones (excluding diaryl/α,β-unsaturated/α-hetero) is 1. The van der Waals surface area contributed by atoms with Crippen LogP contribution in [0.15, 0.2) is 30.5 Å². The van der Waals surface area contributed by atoms with Crippen molar-refractivity contribution in [3.63, 3.8) is 0 Å². The van der Waals surface area contributed by atoms with E-state index in [4.69, 9.17) is 0 Å². The molecule has 0 N–H and O–H groups in total. The molecule has 19 heavy (non-hydrogen) atoms. The molecule has 3 nitrogen and oxygen atoms in total. The highest BCUT2D eigenvalue weighted by Crippen LogP contribution is 2.19. The summed E-state index contributed by atoms with van der Waals surface area (Å²) in [5, 5.41) is 0. The lowest BCUT2D eigenvalue weighted by Gasteiger charge is -2.13. The third-order valence-electron chi connectivity index (χ3n) is 3.34. The van der Waals surface area contributed by atoms with Crippen LogP contribution in [0.3, 0.4) is 0 Å². The highest BCUT2D eigenvalue weighted by atomic mass is 19.1. The predicted molar refractivity (Wildman–Crippen MR) is 68.5 cm³/mol. The number of hydrogen-bond acceptors (Lipinski definition) is 3. The Morgan fingerprint density at radius 1 is 1.21 bits per heavy atom. The Labute approximate surface area is 110 Å². The molecule has 4 heteroatoms. The van der Waals surface area contributed by atoms with Gasteiger partial charge in [-0.1, -0.05) is 18.2 Å². The number of carbonyl (C=O) groups is 1. The van der Waals surface area contributed by atoms with E-state index < -0.39 is 0 Å². The fraction of sp³-hybridized carbons (Fsp3) is 0.267. The molecule has 1 aromatic heterocycles. The van der Waals surface area contributed by atoms with Gasteiger partial charge in [0.15, 0.2) is 5.78 Å². The zero-order valence-corrected chi connectivity index (χ0v) is 10.4. The maximum absolute atomic E-state index is 13.6. The van der Waals surface area contributed by atoms with Crippen LogP contribution in [-0.2, 0) is 12.8 Å². The molecule has 0 unspecified atom stereocenters. The summed E-state index contributed by atoms with van der Waals surface area (Å²) in [4.78, 5) is 20.3. The van der Waals surface area contributed by atoms with Crippen molar-refractivity contribution in [2.75, 3.05) is 0 Å². The molecule has 2 aromatic rings. The van der Waals surface area contributed by atoms with Gasteiger partial charge in [0, 0.05) is 19.0 Å². The summed E-state index contributed by atoms with van der Waals surface area (Å²) < 4.78 is 13.6. The minimum absolute atomic E-state index is 0.110. The molecule has 0 atom stereocenters. The molecule has 96 valence electrons. The normalized spacial score (nSPS) is 14.3. The van der Waals surface area contributed by atoms with E-state index >= 15 is 0 Å². The van der Waals surface area contributed by atoms with E-state index in [-0.39, 0.29) is 11.6 Å². The van der Waals surface area contributed by atoms with Gasteiger partial charge in [-0.05, 0) is 24.5 Å². The van der Waals surface area contributed by atoms with Gasteiger partial charge < -0.3 is 0 Å². The summed E-state index contributed by atoms with van der Waals surface area (Å²) in [6.45, 7) is 0. The van der Waals surface area contributed by atoms with Gasteiger partial charge >= 0.3 is 0 Å². The molecule has 0 spiro atoms. The summed E-state index contributed by atoms with van der Waals surface area (Å²) in [7, 11) is 0. The van der Waals surface area contributed by atoms with Crippen molar-refractivity contribution in [2.24, 2.45) is 0 Å². The van der Waals surface area contributed by atoms with Crippen molar-refractivity contribution in [1.29, 1.82) is 0 Å². The topological polar surface area (TPSA) is 42.9 Å². The van der Waals surface area contributed by atoms with Crippen molar-refractivity contribution < 1.29 is 9.18 Å². The zero-order valence-electron chi connectivity index (χ0n) is 10.4. The average Bonchev–Trinajstić information content (AvgIpc) is 2.42. The first kappa shape index (κ1) is 12.0. The summed E-state index contributed by atoms with van der Waals surface area (Å²) in [6, 6.07) is 6.60. The standard InChI is InChI=1S/C15H13FN2O/c16-12-5-2-1-4-10(12)8-15-17-9-11-13(18-15)6-3-7-14(11)19/h1-2,4-5,9H,3,6-8H2. The molecule has 0 saturated heterocycles. The third-order valence-corrected chi connectivity index (χ3v) is 3.34. The van der Waals surface area contributed by atoms with Gasteiger partial charge in [0.2, 0.25) is 0 Å². The molecule has 0 amide bonds. The van der Waals surface area contributed by atoms with Crippen LogP contribution in [0.4, 0.5) is 4.39 Å². The summed E-state index contributed by atoms with van der Waals surface area (Å²) >= 11 is 0. The van der Waals surface area contributed by atoms with E-state index in [9.17, 15) is 9.18 Å². The van der Waals surface area contributed by atoms with Crippen molar-refractivity contribution in [3.8, 4) is 0 Å². The third kappa shape index (κ3) is 2.38. The number of benzene rings is 1. The lowest BCUT2D eigenvalue weighted by atomic mass is 9.96. The Balaban J connectivity index is 1.91. The zero-order chi connectivity index (χ0) is 13.2. The van der Waals surface area contributed by atoms with E-state index in [0.717, 1.165) is 18.5 Å². The quantitative estimate of drug-likeness (QED) is 0.829. The number of halogens is 1. The summed E-state index contributed by atoms with van der Waals surface area (Å²) in [6.07, 6.45) is 4.15. The number of nitrogens with zero attached hydrogens (tertiary/aromatic N) is 2. The van der Waals surface area contributed by atoms with E-state index in [1.807, 2.05) is 0 Å². The monoisotopic (exact) mass is 256 g/mol. The predicted octanol–water partition coefficient (Wildman–Crippen LogP) is 2.73. The Kier molecular flexibility index (Phi) is 3.07. The Bertz CT molecular complexity index is 640. The molecule has 1 aromatic carbocycles. The average molecular weight is 256 g/mol. The number of aromatic nitrogens is 2. The molecule has 1 aliphatic carbocycles. The molecular weight excluding hydrogens is 243 g/mol. The lowest BCUT2D eigenvalue weighted by Crippen LogP contribution is -2.15. The molecular formula is C15H13FN2O. The van der Waals surface area contributed by atoms with Crippen LogP contribution in [0.2, 0.25) is 0 Å². The number of fused-ring (bicyclic) bond motifs is 1. The van der Waals surface area contributed by atoms with Crippen LogP contribution in [-0.4, -0.2) is 15.8 Å². The maximum Gasteiger partial charge on any atom is 0.166 e. The first-order valence-corrected chi connectivity index (χ1v) is 6.35. The van der Waals surface area contributed by atoms with Crippen molar-refractivity contribution in [1.82, 2.24) is 9.97 Å². The Morgan fingerprint density at radius 3 is 2.89 bits per heavy atom. The van der Waals surface area contributed by atoms with E-state index in [1.165, 1.54) is 6.07 Å². The van der Waals surface area contributed by atoms with Crippen LogP contribution < -0.4 is 0 Å². The van der Waals surface area contributed by atoms with Crippen molar-refractivity contribution in [2.45, 2.75) is 25.7 Å². The van der Waals surface area contributed by atoms with Gasteiger partial charge in [0.05, 0.1) is 11.3 Å². The number of ketones is 1. The Morgan fingerprint density at radius 2 is 2.05 bits per heavy atom. The second-order valence-electron chi connectivity index (χ2n) is 4.69. The minimum Gasteiger partial charge on any atom is -0.294 e. The summed E-state index contributed by atoms with van der Waals surface area (Å²) in [5.74, 6) is 0.428. The fourth-order valence-electron chi connectivity index (χ4n) is 2.33. The van der Waals surface area contributed by atoms with E-state index in [2.05, 4.69) is 9.97 Å². The minimum atomic E-state index is -0.250. The number of hydrogen-bond donors (Lipinski definition) is 0. The molecule has 3 rings (SSSR count). The molecule has 0 fully saturated rings. The van der Waals surface area contributed by atoms with Gasteiger partial charge in [-0.25, -0.2) is 14.4 Å². The van der Waals surface area contributed by atoms with Gasteiger partial charge in [-0.2, -0.15) is 0 Å². The van der Waals surface area contributed by atoms with Crippen LogP contribution in [0.5, 0.6) is 0 Å². The molecule has 0 radical (unpaired) electrons. The second-order valence-corrected chi connectivity index (χ2v) is 4.69. The van der Waals surface area contributed by atoms with Crippen molar-refractivity contribution in [3.05, 3.63) is 58.9 Å².